The van der Waals surface area contributed by atoms with Crippen LogP contribution >= 0.6 is 0 Å². The molecule has 6 heteroatoms. The van der Waals surface area contributed by atoms with Gasteiger partial charge in [0, 0.05) is 32.7 Å². The van der Waals surface area contributed by atoms with Crippen molar-refractivity contribution in [1.82, 2.24) is 9.80 Å². The summed E-state index contributed by atoms with van der Waals surface area (Å²) in [6.07, 6.45) is 2.31. The number of hydrogen-bond acceptors (Lipinski definition) is 4. The van der Waals surface area contributed by atoms with Crippen molar-refractivity contribution >= 4 is 5.91 Å². The highest BCUT2D eigenvalue weighted by Crippen LogP contribution is 2.26. The Labute approximate surface area is 141 Å². The van der Waals surface area contributed by atoms with Gasteiger partial charge in [-0.15, -0.1) is 0 Å². The molecule has 0 saturated carbocycles. The first kappa shape index (κ1) is 17.3. The summed E-state index contributed by atoms with van der Waals surface area (Å²) in [5.74, 6) is -0.545. The van der Waals surface area contributed by atoms with E-state index in [4.69, 9.17) is 0 Å². The third-order valence-corrected chi connectivity index (χ3v) is 5.03. The molecule has 5 nitrogen and oxygen atoms in total. The number of carbonyl (C=O) groups is 1. The second-order valence-corrected chi connectivity index (χ2v) is 7.00. The minimum absolute atomic E-state index is 0.246. The molecule has 0 spiro atoms. The molecule has 0 aliphatic carbocycles. The molecule has 1 aromatic carbocycles. The summed E-state index contributed by atoms with van der Waals surface area (Å²) < 4.78 is 13.0. The van der Waals surface area contributed by atoms with E-state index in [-0.39, 0.29) is 17.8 Å². The van der Waals surface area contributed by atoms with Crippen molar-refractivity contribution in [3.63, 3.8) is 0 Å². The van der Waals surface area contributed by atoms with Gasteiger partial charge in [0.1, 0.15) is 5.82 Å². The van der Waals surface area contributed by atoms with Crippen LogP contribution in [-0.4, -0.2) is 63.8 Å². The predicted octanol–water partition coefficient (Wildman–Crippen LogP) is 1.14. The van der Waals surface area contributed by atoms with E-state index in [1.807, 2.05) is 0 Å². The van der Waals surface area contributed by atoms with Crippen LogP contribution in [0.25, 0.3) is 0 Å². The van der Waals surface area contributed by atoms with Crippen LogP contribution in [0.5, 0.6) is 0 Å². The summed E-state index contributed by atoms with van der Waals surface area (Å²) in [6.45, 7) is 2.72. The summed E-state index contributed by atoms with van der Waals surface area (Å²) in [5, 5.41) is 20.5. The highest BCUT2D eigenvalue weighted by Gasteiger charge is 2.43. The number of piperidine rings is 2. The molecule has 1 unspecified atom stereocenters. The number of halogens is 1. The molecule has 1 amide bonds. The highest BCUT2D eigenvalue weighted by molar-refractivity contribution is 5.86. The molecule has 1 aromatic rings. The molecule has 0 bridgehead atoms. The number of carbonyl (C=O) groups excluding carboxylic acids is 1. The van der Waals surface area contributed by atoms with Crippen molar-refractivity contribution in [3.05, 3.63) is 35.6 Å². The molecule has 2 aliphatic heterocycles. The fourth-order valence-corrected chi connectivity index (χ4v) is 3.62. The van der Waals surface area contributed by atoms with Crippen LogP contribution in [0.15, 0.2) is 24.3 Å². The van der Waals surface area contributed by atoms with E-state index < -0.39 is 5.60 Å². The van der Waals surface area contributed by atoms with Gasteiger partial charge in [0.05, 0.1) is 6.10 Å². The van der Waals surface area contributed by atoms with Crippen molar-refractivity contribution in [1.29, 1.82) is 0 Å². The van der Waals surface area contributed by atoms with Crippen LogP contribution in [-0.2, 0) is 11.3 Å². The Hall–Kier alpha value is -1.50. The highest BCUT2D eigenvalue weighted by atomic mass is 19.1. The first-order chi connectivity index (χ1) is 11.5. The lowest BCUT2D eigenvalue weighted by Gasteiger charge is -2.42. The molecular formula is C18H25FN2O3. The smallest absolute Gasteiger partial charge is 0.256 e. The molecule has 24 heavy (non-hydrogen) atoms. The van der Waals surface area contributed by atoms with Gasteiger partial charge in [-0.05, 0) is 43.4 Å². The average molecular weight is 336 g/mol. The van der Waals surface area contributed by atoms with Gasteiger partial charge < -0.3 is 15.1 Å². The largest absolute Gasteiger partial charge is 0.393 e. The Morgan fingerprint density at radius 1 is 1.17 bits per heavy atom. The van der Waals surface area contributed by atoms with Crippen LogP contribution in [0.4, 0.5) is 4.39 Å². The quantitative estimate of drug-likeness (QED) is 0.865. The second-order valence-electron chi connectivity index (χ2n) is 7.00. The summed E-state index contributed by atoms with van der Waals surface area (Å²) in [5.41, 5.74) is -0.504. The molecular weight excluding hydrogens is 311 g/mol. The molecule has 2 heterocycles. The maximum absolute atomic E-state index is 13.0. The molecule has 2 aliphatic rings. The standard InChI is InChI=1S/C18H25FN2O3/c19-15-4-2-14(3-5-15)12-21-9-1-8-18(24,17(21)23)13-20-10-6-16(22)7-11-20/h2-5,16,22,24H,1,6-13H2. The minimum Gasteiger partial charge on any atom is -0.393 e. The molecule has 0 radical (unpaired) electrons. The second kappa shape index (κ2) is 7.17. The number of rotatable bonds is 4. The van der Waals surface area contributed by atoms with E-state index >= 15 is 0 Å². The SMILES string of the molecule is O=C1N(Cc2ccc(F)cc2)CCCC1(O)CN1CCC(O)CC1. The molecule has 0 aromatic heterocycles. The van der Waals surface area contributed by atoms with Crippen LogP contribution < -0.4 is 0 Å². The van der Waals surface area contributed by atoms with Gasteiger partial charge in [-0.25, -0.2) is 4.39 Å². The number of likely N-dealkylation sites (tertiary alicyclic amines) is 2. The Morgan fingerprint density at radius 3 is 2.50 bits per heavy atom. The van der Waals surface area contributed by atoms with Crippen LogP contribution in [0.3, 0.4) is 0 Å². The monoisotopic (exact) mass is 336 g/mol. The molecule has 2 fully saturated rings. The summed E-state index contributed by atoms with van der Waals surface area (Å²) in [6, 6.07) is 6.11. The van der Waals surface area contributed by atoms with Crippen molar-refractivity contribution in [2.45, 2.75) is 43.9 Å². The maximum atomic E-state index is 13.0. The Kier molecular flexibility index (Phi) is 5.18. The van der Waals surface area contributed by atoms with Gasteiger partial charge >= 0.3 is 0 Å². The molecule has 2 saturated heterocycles. The number of hydrogen-bond donors (Lipinski definition) is 2. The number of nitrogens with zero attached hydrogens (tertiary/aromatic N) is 2. The lowest BCUT2D eigenvalue weighted by atomic mass is 9.90. The van der Waals surface area contributed by atoms with E-state index in [1.165, 1.54) is 12.1 Å². The number of amides is 1. The first-order valence-corrected chi connectivity index (χ1v) is 8.63. The van der Waals surface area contributed by atoms with Crippen molar-refractivity contribution in [2.24, 2.45) is 0 Å². The summed E-state index contributed by atoms with van der Waals surface area (Å²) >= 11 is 0. The molecule has 2 N–H and O–H groups in total. The van der Waals surface area contributed by atoms with Gasteiger partial charge in [-0.2, -0.15) is 0 Å². The van der Waals surface area contributed by atoms with Crippen LogP contribution in [0.2, 0.25) is 0 Å². The van der Waals surface area contributed by atoms with E-state index in [9.17, 15) is 19.4 Å². The van der Waals surface area contributed by atoms with Crippen molar-refractivity contribution in [3.8, 4) is 0 Å². The Balaban J connectivity index is 1.63. The topological polar surface area (TPSA) is 64.0 Å². The first-order valence-electron chi connectivity index (χ1n) is 8.63. The lowest BCUT2D eigenvalue weighted by molar-refractivity contribution is -0.160. The van der Waals surface area contributed by atoms with E-state index in [0.717, 1.165) is 12.0 Å². The van der Waals surface area contributed by atoms with Gasteiger partial charge in [0.25, 0.3) is 5.91 Å². The van der Waals surface area contributed by atoms with E-state index in [2.05, 4.69) is 4.90 Å². The van der Waals surface area contributed by atoms with Crippen LogP contribution in [0, 0.1) is 5.82 Å². The third-order valence-electron chi connectivity index (χ3n) is 5.03. The lowest BCUT2D eigenvalue weighted by Crippen LogP contribution is -2.59. The van der Waals surface area contributed by atoms with Gasteiger partial charge in [0.15, 0.2) is 5.60 Å². The Morgan fingerprint density at radius 2 is 1.83 bits per heavy atom. The number of β-amino-alcohol motifs (C(OH)–C–C–N with tert-alkyl or cyclic N) is 1. The number of aliphatic hydroxyl groups is 2. The van der Waals surface area contributed by atoms with Crippen molar-refractivity contribution < 1.29 is 19.4 Å². The zero-order chi connectivity index (χ0) is 17.2. The third kappa shape index (κ3) is 3.94. The van der Waals surface area contributed by atoms with Gasteiger partial charge in [-0.1, -0.05) is 12.1 Å². The van der Waals surface area contributed by atoms with Gasteiger partial charge in [0.2, 0.25) is 0 Å². The predicted molar refractivity (Wildman–Crippen MR) is 87.7 cm³/mol. The summed E-state index contributed by atoms with van der Waals surface area (Å²) in [7, 11) is 0. The molecule has 3 rings (SSSR count). The zero-order valence-corrected chi connectivity index (χ0v) is 13.8. The fraction of sp³-hybridized carbons (Fsp3) is 0.611. The fourth-order valence-electron chi connectivity index (χ4n) is 3.62. The van der Waals surface area contributed by atoms with E-state index in [0.29, 0.717) is 52.0 Å². The summed E-state index contributed by atoms with van der Waals surface area (Å²) in [4.78, 5) is 16.5. The maximum Gasteiger partial charge on any atom is 0.256 e. The zero-order valence-electron chi connectivity index (χ0n) is 13.8. The Bertz CT molecular complexity index is 572. The van der Waals surface area contributed by atoms with E-state index in [1.54, 1.807) is 17.0 Å². The molecule has 132 valence electrons. The minimum atomic E-state index is -1.36. The number of aliphatic hydroxyl groups excluding tert-OH is 1. The molecule has 1 atom stereocenters. The normalized spacial score (nSPS) is 26.8. The van der Waals surface area contributed by atoms with Gasteiger partial charge in [-0.3, -0.25) is 9.69 Å². The number of benzene rings is 1. The van der Waals surface area contributed by atoms with Crippen molar-refractivity contribution in [2.75, 3.05) is 26.2 Å². The average Bonchev–Trinajstić information content (AvgIpc) is 2.56. The van der Waals surface area contributed by atoms with Crippen LogP contribution in [0.1, 0.15) is 31.2 Å².